The molecule has 1 fully saturated rings. The number of aliphatic hydroxyl groups excluding tert-OH is 2. The Kier molecular flexibility index (Phi) is 2.52. The van der Waals surface area contributed by atoms with E-state index in [9.17, 15) is 24.9 Å². The second kappa shape index (κ2) is 3.54. The van der Waals surface area contributed by atoms with Crippen molar-refractivity contribution >= 4 is 11.6 Å². The zero-order valence-corrected chi connectivity index (χ0v) is 9.39. The normalized spacial score (nSPS) is 37.5. The topological polar surface area (TPSA) is 104 Å². The maximum absolute atomic E-state index is 11.7. The summed E-state index contributed by atoms with van der Waals surface area (Å²) in [6.45, 7) is -0.309. The summed E-state index contributed by atoms with van der Waals surface area (Å²) >= 11 is 0. The molecule has 1 spiro atoms. The Balaban J connectivity index is 2.52. The van der Waals surface area contributed by atoms with Crippen LogP contribution < -0.4 is 0 Å². The van der Waals surface area contributed by atoms with Crippen LogP contribution in [0.2, 0.25) is 0 Å². The minimum atomic E-state index is -1.94. The molecule has 0 heterocycles. The molecular formula is C11H14O6. The zero-order valence-electron chi connectivity index (χ0n) is 9.39. The number of allylic oxidation sites excluding steroid dienone is 1. The van der Waals surface area contributed by atoms with Crippen LogP contribution in [-0.4, -0.2) is 46.2 Å². The highest BCUT2D eigenvalue weighted by atomic mass is 16.5. The van der Waals surface area contributed by atoms with Crippen molar-refractivity contribution < 1.29 is 29.6 Å². The number of rotatable bonds is 2. The van der Waals surface area contributed by atoms with Gasteiger partial charge in [0.15, 0.2) is 17.1 Å². The first-order valence-electron chi connectivity index (χ1n) is 5.29. The Morgan fingerprint density at radius 1 is 1.35 bits per heavy atom. The van der Waals surface area contributed by atoms with Gasteiger partial charge in [-0.25, -0.2) is 0 Å². The van der Waals surface area contributed by atoms with E-state index in [1.807, 2.05) is 0 Å². The number of methoxy groups -OCH3 is 1. The van der Waals surface area contributed by atoms with Crippen LogP contribution in [0.1, 0.15) is 19.3 Å². The molecule has 0 radical (unpaired) electrons. The van der Waals surface area contributed by atoms with Crippen molar-refractivity contribution in [3.05, 3.63) is 11.5 Å². The number of ether oxygens (including phenoxy) is 1. The van der Waals surface area contributed by atoms with Crippen LogP contribution in [0, 0.1) is 5.41 Å². The van der Waals surface area contributed by atoms with Gasteiger partial charge in [0, 0.05) is 20.0 Å². The second-order valence-electron chi connectivity index (χ2n) is 4.60. The van der Waals surface area contributed by atoms with E-state index >= 15 is 0 Å². The van der Waals surface area contributed by atoms with Gasteiger partial charge in [-0.1, -0.05) is 0 Å². The molecule has 3 N–H and O–H groups in total. The quantitative estimate of drug-likeness (QED) is 0.630. The highest BCUT2D eigenvalue weighted by Crippen LogP contribution is 2.55. The van der Waals surface area contributed by atoms with Crippen molar-refractivity contribution in [3.8, 4) is 0 Å². The van der Waals surface area contributed by atoms with Gasteiger partial charge in [0.1, 0.15) is 5.76 Å². The molecule has 0 aromatic heterocycles. The molecule has 2 atom stereocenters. The first-order chi connectivity index (χ1) is 7.89. The summed E-state index contributed by atoms with van der Waals surface area (Å²) in [7, 11) is 1.31. The van der Waals surface area contributed by atoms with E-state index in [0.29, 0.717) is 0 Å². The Hall–Kier alpha value is -1.40. The third-order valence-electron chi connectivity index (χ3n) is 3.79. The van der Waals surface area contributed by atoms with Gasteiger partial charge in [-0.15, -0.1) is 0 Å². The third kappa shape index (κ3) is 1.28. The number of ketones is 2. The van der Waals surface area contributed by atoms with E-state index in [-0.39, 0.29) is 25.9 Å². The fourth-order valence-corrected chi connectivity index (χ4v) is 2.78. The fraction of sp³-hybridized carbons (Fsp3) is 0.636. The molecule has 0 aliphatic heterocycles. The van der Waals surface area contributed by atoms with Crippen LogP contribution in [0.4, 0.5) is 0 Å². The average molecular weight is 242 g/mol. The molecule has 94 valence electrons. The van der Waals surface area contributed by atoms with Crippen LogP contribution in [-0.2, 0) is 14.3 Å². The van der Waals surface area contributed by atoms with Crippen LogP contribution in [0.3, 0.4) is 0 Å². The molecule has 0 aromatic carbocycles. The largest absolute Gasteiger partial charge is 0.508 e. The molecule has 0 unspecified atom stereocenters. The molecule has 6 nitrogen and oxygen atoms in total. The monoisotopic (exact) mass is 242 g/mol. The fourth-order valence-electron chi connectivity index (χ4n) is 2.78. The van der Waals surface area contributed by atoms with Crippen molar-refractivity contribution in [1.29, 1.82) is 0 Å². The summed E-state index contributed by atoms with van der Waals surface area (Å²) in [4.78, 5) is 23.2. The SMILES string of the molecule is COC[C@@]1(O)C(=O)CC[C@@]12CC(=O)C(O)=C2O. The summed E-state index contributed by atoms with van der Waals surface area (Å²) in [5.74, 6) is -2.48. The minimum absolute atomic E-state index is 0.0461. The molecule has 2 rings (SSSR count). The van der Waals surface area contributed by atoms with Crippen LogP contribution >= 0.6 is 0 Å². The first kappa shape index (κ1) is 12.1. The van der Waals surface area contributed by atoms with Gasteiger partial charge in [0.05, 0.1) is 12.0 Å². The lowest BCUT2D eigenvalue weighted by molar-refractivity contribution is -0.153. The predicted octanol–water partition coefficient (Wildman–Crippen LogP) is 0.0136. The first-order valence-corrected chi connectivity index (χ1v) is 5.29. The van der Waals surface area contributed by atoms with Gasteiger partial charge < -0.3 is 20.1 Å². The van der Waals surface area contributed by atoms with E-state index < -0.39 is 34.1 Å². The number of carbonyl (C=O) groups excluding carboxylic acids is 2. The van der Waals surface area contributed by atoms with Crippen molar-refractivity contribution in [3.63, 3.8) is 0 Å². The van der Waals surface area contributed by atoms with Crippen LogP contribution in [0.15, 0.2) is 11.5 Å². The molecule has 2 aliphatic carbocycles. The summed E-state index contributed by atoms with van der Waals surface area (Å²) < 4.78 is 4.81. The molecule has 0 aromatic rings. The number of Topliss-reactive ketones (excluding diaryl/α,β-unsaturated/α-hetero) is 2. The Labute approximate surface area is 97.5 Å². The lowest BCUT2D eigenvalue weighted by atomic mass is 9.72. The summed E-state index contributed by atoms with van der Waals surface area (Å²) in [6.07, 6.45) is -0.0892. The molecule has 6 heteroatoms. The molecular weight excluding hydrogens is 228 g/mol. The number of carbonyl (C=O) groups is 2. The molecule has 17 heavy (non-hydrogen) atoms. The summed E-state index contributed by atoms with van der Waals surface area (Å²) in [5, 5.41) is 29.6. The van der Waals surface area contributed by atoms with Crippen molar-refractivity contribution in [2.75, 3.05) is 13.7 Å². The third-order valence-corrected chi connectivity index (χ3v) is 3.79. The van der Waals surface area contributed by atoms with Crippen molar-refractivity contribution in [1.82, 2.24) is 0 Å². The predicted molar refractivity (Wildman–Crippen MR) is 55.4 cm³/mol. The van der Waals surface area contributed by atoms with Gasteiger partial charge in [0.25, 0.3) is 0 Å². The standard InChI is InChI=1S/C11H14O6/c1-17-5-11(16)7(13)2-3-10(11)4-6(12)8(14)9(10)15/h14-16H,2-5H2,1H3/t10-,11+/m0/s1. The number of aliphatic hydroxyl groups is 3. The van der Waals surface area contributed by atoms with Crippen LogP contribution in [0.25, 0.3) is 0 Å². The van der Waals surface area contributed by atoms with Crippen molar-refractivity contribution in [2.24, 2.45) is 5.41 Å². The highest BCUT2D eigenvalue weighted by Gasteiger charge is 2.66. The summed E-state index contributed by atoms with van der Waals surface area (Å²) in [5.41, 5.74) is -3.35. The smallest absolute Gasteiger partial charge is 0.201 e. The average Bonchev–Trinajstić information content (AvgIpc) is 2.65. The molecule has 0 saturated heterocycles. The number of hydrogen-bond acceptors (Lipinski definition) is 6. The second-order valence-corrected chi connectivity index (χ2v) is 4.60. The van der Waals surface area contributed by atoms with Gasteiger partial charge in [-0.3, -0.25) is 9.59 Å². The van der Waals surface area contributed by atoms with E-state index in [1.165, 1.54) is 7.11 Å². The van der Waals surface area contributed by atoms with E-state index in [1.54, 1.807) is 0 Å². The highest BCUT2D eigenvalue weighted by molar-refractivity contribution is 6.01. The van der Waals surface area contributed by atoms with Crippen molar-refractivity contribution in [2.45, 2.75) is 24.9 Å². The van der Waals surface area contributed by atoms with Gasteiger partial charge in [-0.05, 0) is 6.42 Å². The molecule has 0 bridgehead atoms. The molecule has 1 saturated carbocycles. The maximum Gasteiger partial charge on any atom is 0.201 e. The number of hydrogen-bond donors (Lipinski definition) is 3. The Morgan fingerprint density at radius 2 is 2.00 bits per heavy atom. The summed E-state index contributed by atoms with van der Waals surface area (Å²) in [6, 6.07) is 0. The molecule has 2 aliphatic rings. The van der Waals surface area contributed by atoms with Gasteiger partial charge >= 0.3 is 0 Å². The Morgan fingerprint density at radius 3 is 2.47 bits per heavy atom. The van der Waals surface area contributed by atoms with Gasteiger partial charge in [0.2, 0.25) is 5.78 Å². The van der Waals surface area contributed by atoms with Crippen LogP contribution in [0.5, 0.6) is 0 Å². The van der Waals surface area contributed by atoms with Gasteiger partial charge in [-0.2, -0.15) is 0 Å². The maximum atomic E-state index is 11.7. The van der Waals surface area contributed by atoms with E-state index in [4.69, 9.17) is 4.74 Å². The zero-order chi connectivity index (χ0) is 12.8. The lowest BCUT2D eigenvalue weighted by Gasteiger charge is -2.36. The molecule has 0 amide bonds. The lowest BCUT2D eigenvalue weighted by Crippen LogP contribution is -2.52. The Bertz CT molecular complexity index is 426. The van der Waals surface area contributed by atoms with E-state index in [0.717, 1.165) is 0 Å². The minimum Gasteiger partial charge on any atom is -0.508 e. The van der Waals surface area contributed by atoms with E-state index in [2.05, 4.69) is 0 Å².